The Morgan fingerprint density at radius 3 is 2.24 bits per heavy atom. The lowest BCUT2D eigenvalue weighted by atomic mass is 10.2. The van der Waals surface area contributed by atoms with Crippen molar-refractivity contribution in [2.24, 2.45) is 5.92 Å². The van der Waals surface area contributed by atoms with Crippen LogP contribution in [0.3, 0.4) is 0 Å². The maximum Gasteiger partial charge on any atom is 0.178 e. The van der Waals surface area contributed by atoms with Gasteiger partial charge in [0.1, 0.15) is 0 Å². The molecule has 96 valence electrons. The fourth-order valence-corrected chi connectivity index (χ4v) is 2.81. The van der Waals surface area contributed by atoms with Crippen LogP contribution in [0, 0.1) is 5.92 Å². The van der Waals surface area contributed by atoms with Crippen LogP contribution in [0.2, 0.25) is 0 Å². The van der Waals surface area contributed by atoms with E-state index in [4.69, 9.17) is 0 Å². The molecule has 3 nitrogen and oxygen atoms in total. The van der Waals surface area contributed by atoms with Crippen molar-refractivity contribution in [1.82, 2.24) is 0 Å². The van der Waals surface area contributed by atoms with Gasteiger partial charge in [0.15, 0.2) is 9.84 Å². The van der Waals surface area contributed by atoms with Gasteiger partial charge in [-0.2, -0.15) is 0 Å². The first kappa shape index (κ1) is 14.0. The van der Waals surface area contributed by atoms with Gasteiger partial charge in [-0.25, -0.2) is 8.42 Å². The third-order valence-corrected chi connectivity index (χ3v) is 4.34. The molecule has 0 bridgehead atoms. The van der Waals surface area contributed by atoms with Crippen molar-refractivity contribution in [3.63, 3.8) is 0 Å². The Bertz CT molecular complexity index is 435. The van der Waals surface area contributed by atoms with E-state index in [2.05, 4.69) is 19.2 Å². The third kappa shape index (κ3) is 4.38. The summed E-state index contributed by atoms with van der Waals surface area (Å²) >= 11 is 0. The highest BCUT2D eigenvalue weighted by atomic mass is 32.2. The first-order chi connectivity index (χ1) is 7.95. The van der Waals surface area contributed by atoms with Crippen molar-refractivity contribution in [2.75, 3.05) is 17.6 Å². The van der Waals surface area contributed by atoms with Gasteiger partial charge in [0.05, 0.1) is 10.6 Å². The SMILES string of the molecule is CCCS(=O)(=O)c1ccc(NCC(C)C)cc1. The number of sulfone groups is 1. The average Bonchev–Trinajstić information content (AvgIpc) is 2.27. The number of hydrogen-bond donors (Lipinski definition) is 1. The lowest BCUT2D eigenvalue weighted by Crippen LogP contribution is -2.09. The van der Waals surface area contributed by atoms with Crippen molar-refractivity contribution in [3.05, 3.63) is 24.3 Å². The number of benzene rings is 1. The largest absolute Gasteiger partial charge is 0.385 e. The van der Waals surface area contributed by atoms with E-state index in [0.29, 0.717) is 17.2 Å². The summed E-state index contributed by atoms with van der Waals surface area (Å²) in [6.45, 7) is 7.03. The zero-order valence-electron chi connectivity index (χ0n) is 10.7. The minimum absolute atomic E-state index is 0.214. The molecule has 1 aromatic carbocycles. The first-order valence-electron chi connectivity index (χ1n) is 6.02. The lowest BCUT2D eigenvalue weighted by molar-refractivity contribution is 0.594. The molecule has 0 saturated carbocycles. The summed E-state index contributed by atoms with van der Waals surface area (Å²) in [5.74, 6) is 0.782. The highest BCUT2D eigenvalue weighted by Gasteiger charge is 2.12. The fraction of sp³-hybridized carbons (Fsp3) is 0.538. The molecule has 1 N–H and O–H groups in total. The molecule has 0 heterocycles. The molecule has 0 fully saturated rings. The molecule has 0 aromatic heterocycles. The Balaban J connectivity index is 2.74. The second kappa shape index (κ2) is 6.05. The third-order valence-electron chi connectivity index (χ3n) is 2.40. The summed E-state index contributed by atoms with van der Waals surface area (Å²) < 4.78 is 23.6. The fourth-order valence-electron chi connectivity index (χ4n) is 1.49. The molecule has 0 atom stereocenters. The molecule has 4 heteroatoms. The molecular weight excluding hydrogens is 234 g/mol. The highest BCUT2D eigenvalue weighted by molar-refractivity contribution is 7.91. The van der Waals surface area contributed by atoms with E-state index in [-0.39, 0.29) is 5.75 Å². The molecule has 0 amide bonds. The standard InChI is InChI=1S/C13H21NO2S/c1-4-9-17(15,16)13-7-5-12(6-8-13)14-10-11(2)3/h5-8,11,14H,4,9-10H2,1-3H3. The summed E-state index contributed by atoms with van der Waals surface area (Å²) in [5.41, 5.74) is 0.967. The molecule has 0 aliphatic rings. The molecule has 0 aliphatic carbocycles. The molecule has 0 radical (unpaired) electrons. The van der Waals surface area contributed by atoms with Crippen LogP contribution in [0.1, 0.15) is 27.2 Å². The Hall–Kier alpha value is -1.03. The van der Waals surface area contributed by atoms with Crippen molar-refractivity contribution in [3.8, 4) is 0 Å². The van der Waals surface area contributed by atoms with E-state index in [9.17, 15) is 8.42 Å². The Morgan fingerprint density at radius 1 is 1.18 bits per heavy atom. The predicted octanol–water partition coefficient (Wildman–Crippen LogP) is 2.94. The minimum Gasteiger partial charge on any atom is -0.385 e. The van der Waals surface area contributed by atoms with Crippen LogP contribution in [-0.2, 0) is 9.84 Å². The molecule has 1 rings (SSSR count). The number of rotatable bonds is 6. The summed E-state index contributed by atoms with van der Waals surface area (Å²) in [6.07, 6.45) is 0.648. The van der Waals surface area contributed by atoms with Gasteiger partial charge >= 0.3 is 0 Å². The predicted molar refractivity (Wildman–Crippen MR) is 72.1 cm³/mol. The summed E-state index contributed by atoms with van der Waals surface area (Å²) in [5, 5.41) is 3.26. The van der Waals surface area contributed by atoms with E-state index in [1.54, 1.807) is 12.1 Å². The van der Waals surface area contributed by atoms with E-state index >= 15 is 0 Å². The molecule has 0 saturated heterocycles. The second-order valence-electron chi connectivity index (χ2n) is 4.62. The van der Waals surface area contributed by atoms with Crippen LogP contribution < -0.4 is 5.32 Å². The zero-order chi connectivity index (χ0) is 12.9. The Kier molecular flexibility index (Phi) is 5.00. The van der Waals surface area contributed by atoms with Crippen LogP contribution in [0.15, 0.2) is 29.2 Å². The molecule has 0 aliphatic heterocycles. The van der Waals surface area contributed by atoms with Gasteiger partial charge in [-0.1, -0.05) is 20.8 Å². The van der Waals surface area contributed by atoms with Crippen LogP contribution in [-0.4, -0.2) is 20.7 Å². The Labute approximate surface area is 104 Å². The highest BCUT2D eigenvalue weighted by Crippen LogP contribution is 2.16. The number of anilines is 1. The maximum absolute atomic E-state index is 11.8. The van der Waals surface area contributed by atoms with Gasteiger partial charge in [-0.05, 0) is 36.6 Å². The Morgan fingerprint density at radius 2 is 1.76 bits per heavy atom. The van der Waals surface area contributed by atoms with E-state index in [1.807, 2.05) is 19.1 Å². The van der Waals surface area contributed by atoms with Crippen LogP contribution in [0.4, 0.5) is 5.69 Å². The molecule has 0 unspecified atom stereocenters. The second-order valence-corrected chi connectivity index (χ2v) is 6.73. The minimum atomic E-state index is -3.09. The monoisotopic (exact) mass is 255 g/mol. The van der Waals surface area contributed by atoms with Crippen molar-refractivity contribution in [2.45, 2.75) is 32.1 Å². The first-order valence-corrected chi connectivity index (χ1v) is 7.67. The van der Waals surface area contributed by atoms with Gasteiger partial charge in [0.25, 0.3) is 0 Å². The average molecular weight is 255 g/mol. The van der Waals surface area contributed by atoms with E-state index in [1.165, 1.54) is 0 Å². The zero-order valence-corrected chi connectivity index (χ0v) is 11.5. The van der Waals surface area contributed by atoms with E-state index < -0.39 is 9.84 Å². The smallest absolute Gasteiger partial charge is 0.178 e. The summed E-state index contributed by atoms with van der Waals surface area (Å²) in [7, 11) is -3.09. The number of nitrogens with one attached hydrogen (secondary N) is 1. The van der Waals surface area contributed by atoms with Gasteiger partial charge < -0.3 is 5.32 Å². The number of hydrogen-bond acceptors (Lipinski definition) is 3. The summed E-state index contributed by atoms with van der Waals surface area (Å²) in [6, 6.07) is 7.00. The molecule has 17 heavy (non-hydrogen) atoms. The normalized spacial score (nSPS) is 11.8. The maximum atomic E-state index is 11.8. The van der Waals surface area contributed by atoms with Crippen molar-refractivity contribution >= 4 is 15.5 Å². The van der Waals surface area contributed by atoms with Crippen molar-refractivity contribution in [1.29, 1.82) is 0 Å². The van der Waals surface area contributed by atoms with Gasteiger partial charge in [-0.3, -0.25) is 0 Å². The molecular formula is C13H21NO2S. The van der Waals surface area contributed by atoms with Gasteiger partial charge in [0.2, 0.25) is 0 Å². The van der Waals surface area contributed by atoms with Gasteiger partial charge in [0, 0.05) is 12.2 Å². The van der Waals surface area contributed by atoms with Gasteiger partial charge in [-0.15, -0.1) is 0 Å². The molecule has 1 aromatic rings. The van der Waals surface area contributed by atoms with E-state index in [0.717, 1.165) is 12.2 Å². The quantitative estimate of drug-likeness (QED) is 0.850. The summed E-state index contributed by atoms with van der Waals surface area (Å²) in [4.78, 5) is 0.412. The van der Waals surface area contributed by atoms with Crippen LogP contribution in [0.25, 0.3) is 0 Å². The lowest BCUT2D eigenvalue weighted by Gasteiger charge is -2.09. The van der Waals surface area contributed by atoms with Crippen LogP contribution >= 0.6 is 0 Å². The molecule has 0 spiro atoms. The topological polar surface area (TPSA) is 46.2 Å². The van der Waals surface area contributed by atoms with Crippen LogP contribution in [0.5, 0.6) is 0 Å². The van der Waals surface area contributed by atoms with Crippen molar-refractivity contribution < 1.29 is 8.42 Å².